The van der Waals surface area contributed by atoms with Crippen LogP contribution in [-0.4, -0.2) is 21.1 Å². The SMILES string of the molecule is O=C(Nc1nnc(C2CCCCC2)o1)c1nc2ccccc2o1. The number of amides is 1. The van der Waals surface area contributed by atoms with Crippen molar-refractivity contribution >= 4 is 23.0 Å². The Hall–Kier alpha value is -2.70. The van der Waals surface area contributed by atoms with Gasteiger partial charge in [0.2, 0.25) is 5.89 Å². The number of carbonyl (C=O) groups is 1. The standard InChI is InChI=1S/C16H16N4O3/c21-13(15-17-11-8-4-5-9-12(11)22-15)18-16-20-19-14(23-16)10-6-2-1-3-7-10/h4-5,8-10H,1-3,6-7H2,(H,18,20,21). The van der Waals surface area contributed by atoms with Crippen molar-refractivity contribution in [2.75, 3.05) is 5.32 Å². The molecule has 1 amide bonds. The summed E-state index contributed by atoms with van der Waals surface area (Å²) in [6.45, 7) is 0. The third-order valence-corrected chi connectivity index (χ3v) is 4.10. The summed E-state index contributed by atoms with van der Waals surface area (Å²) in [5.74, 6) is 0.368. The van der Waals surface area contributed by atoms with E-state index in [2.05, 4.69) is 20.5 Å². The molecule has 0 spiro atoms. The fraction of sp³-hybridized carbons (Fsp3) is 0.375. The van der Waals surface area contributed by atoms with E-state index in [4.69, 9.17) is 8.83 Å². The van der Waals surface area contributed by atoms with Crippen LogP contribution in [0.25, 0.3) is 11.1 Å². The van der Waals surface area contributed by atoms with Crippen molar-refractivity contribution in [1.82, 2.24) is 15.2 Å². The van der Waals surface area contributed by atoms with Gasteiger partial charge >= 0.3 is 11.9 Å². The highest BCUT2D eigenvalue weighted by Crippen LogP contribution is 2.32. The van der Waals surface area contributed by atoms with Gasteiger partial charge in [-0.15, -0.1) is 5.10 Å². The van der Waals surface area contributed by atoms with Gasteiger partial charge in [-0.2, -0.15) is 0 Å². The van der Waals surface area contributed by atoms with E-state index in [1.165, 1.54) is 19.3 Å². The monoisotopic (exact) mass is 312 g/mol. The highest BCUT2D eigenvalue weighted by atomic mass is 16.4. The zero-order chi connectivity index (χ0) is 15.6. The van der Waals surface area contributed by atoms with Crippen molar-refractivity contribution in [2.45, 2.75) is 38.0 Å². The Morgan fingerprint density at radius 3 is 2.74 bits per heavy atom. The number of rotatable bonds is 3. The number of hydrogen-bond acceptors (Lipinski definition) is 6. The number of oxazole rings is 1. The minimum atomic E-state index is -0.500. The van der Waals surface area contributed by atoms with Crippen molar-refractivity contribution in [2.24, 2.45) is 0 Å². The summed E-state index contributed by atoms with van der Waals surface area (Å²) in [5.41, 5.74) is 1.19. The van der Waals surface area contributed by atoms with E-state index >= 15 is 0 Å². The van der Waals surface area contributed by atoms with Gasteiger partial charge in [-0.1, -0.05) is 36.5 Å². The maximum Gasteiger partial charge on any atom is 0.322 e. The molecule has 4 rings (SSSR count). The summed E-state index contributed by atoms with van der Waals surface area (Å²) in [6, 6.07) is 7.28. The van der Waals surface area contributed by atoms with Crippen LogP contribution in [0.5, 0.6) is 0 Å². The Kier molecular flexibility index (Phi) is 3.53. The van der Waals surface area contributed by atoms with Gasteiger partial charge in [0, 0.05) is 5.92 Å². The summed E-state index contributed by atoms with van der Waals surface area (Å²) >= 11 is 0. The summed E-state index contributed by atoms with van der Waals surface area (Å²) in [7, 11) is 0. The number of carbonyl (C=O) groups excluding carboxylic acids is 1. The Bertz CT molecular complexity index is 800. The van der Waals surface area contributed by atoms with Gasteiger partial charge in [-0.25, -0.2) is 4.98 Å². The van der Waals surface area contributed by atoms with E-state index in [1.807, 2.05) is 12.1 Å². The quantitative estimate of drug-likeness (QED) is 0.795. The number of aromatic nitrogens is 3. The molecule has 1 N–H and O–H groups in total. The Balaban J connectivity index is 1.49. The molecule has 2 heterocycles. The molecule has 1 aromatic carbocycles. The van der Waals surface area contributed by atoms with Crippen LogP contribution in [0.4, 0.5) is 6.01 Å². The second-order valence-electron chi connectivity index (χ2n) is 5.72. The molecule has 0 atom stereocenters. The van der Waals surface area contributed by atoms with E-state index in [1.54, 1.807) is 12.1 Å². The van der Waals surface area contributed by atoms with Gasteiger partial charge in [0.15, 0.2) is 5.58 Å². The number of para-hydroxylation sites is 2. The first kappa shape index (κ1) is 13.9. The van der Waals surface area contributed by atoms with Crippen molar-refractivity contribution in [3.05, 3.63) is 36.0 Å². The molecule has 0 aliphatic heterocycles. The second kappa shape index (κ2) is 5.83. The predicted molar refractivity (Wildman–Crippen MR) is 82.1 cm³/mol. The molecule has 0 saturated heterocycles. The van der Waals surface area contributed by atoms with E-state index in [9.17, 15) is 4.79 Å². The molecule has 0 bridgehead atoms. The molecule has 2 aromatic heterocycles. The smallest absolute Gasteiger partial charge is 0.322 e. The second-order valence-corrected chi connectivity index (χ2v) is 5.72. The Morgan fingerprint density at radius 1 is 1.09 bits per heavy atom. The minimum absolute atomic E-state index is 0.0244. The molecular weight excluding hydrogens is 296 g/mol. The average Bonchev–Trinajstić information content (AvgIpc) is 3.22. The lowest BCUT2D eigenvalue weighted by Crippen LogP contribution is -2.12. The molecule has 0 unspecified atom stereocenters. The zero-order valence-corrected chi connectivity index (χ0v) is 12.5. The molecule has 1 aliphatic carbocycles. The van der Waals surface area contributed by atoms with Crippen LogP contribution < -0.4 is 5.32 Å². The molecule has 7 nitrogen and oxygen atoms in total. The van der Waals surface area contributed by atoms with Crippen molar-refractivity contribution in [3.8, 4) is 0 Å². The molecule has 118 valence electrons. The first-order valence-corrected chi connectivity index (χ1v) is 7.80. The number of anilines is 1. The molecular formula is C16H16N4O3. The lowest BCUT2D eigenvalue weighted by molar-refractivity contribution is 0.0989. The average molecular weight is 312 g/mol. The third-order valence-electron chi connectivity index (χ3n) is 4.10. The van der Waals surface area contributed by atoms with Crippen LogP contribution in [0.3, 0.4) is 0 Å². The van der Waals surface area contributed by atoms with Crippen LogP contribution in [-0.2, 0) is 0 Å². The highest BCUT2D eigenvalue weighted by Gasteiger charge is 2.23. The van der Waals surface area contributed by atoms with Crippen LogP contribution in [0.2, 0.25) is 0 Å². The maximum absolute atomic E-state index is 12.2. The minimum Gasteiger partial charge on any atom is -0.432 e. The van der Waals surface area contributed by atoms with Gasteiger partial charge in [-0.3, -0.25) is 10.1 Å². The fourth-order valence-electron chi connectivity index (χ4n) is 2.92. The van der Waals surface area contributed by atoms with Crippen LogP contribution in [0, 0.1) is 0 Å². The Labute approximate surface area is 132 Å². The number of nitrogens with one attached hydrogen (secondary N) is 1. The lowest BCUT2D eigenvalue weighted by Gasteiger charge is -2.17. The summed E-state index contributed by atoms with van der Waals surface area (Å²) in [5, 5.41) is 10.5. The highest BCUT2D eigenvalue weighted by molar-refractivity contribution is 6.00. The maximum atomic E-state index is 12.2. The van der Waals surface area contributed by atoms with Gasteiger partial charge in [0.1, 0.15) is 5.52 Å². The zero-order valence-electron chi connectivity index (χ0n) is 12.5. The van der Waals surface area contributed by atoms with E-state index in [0.717, 1.165) is 12.8 Å². The summed E-state index contributed by atoms with van der Waals surface area (Å²) in [4.78, 5) is 16.3. The molecule has 1 aliphatic rings. The predicted octanol–water partition coefficient (Wildman–Crippen LogP) is 3.51. The van der Waals surface area contributed by atoms with Crippen molar-refractivity contribution < 1.29 is 13.6 Å². The van der Waals surface area contributed by atoms with Gasteiger partial charge in [0.25, 0.3) is 5.89 Å². The first-order chi connectivity index (χ1) is 11.3. The number of hydrogen-bond donors (Lipinski definition) is 1. The first-order valence-electron chi connectivity index (χ1n) is 7.80. The van der Waals surface area contributed by atoms with Crippen molar-refractivity contribution in [3.63, 3.8) is 0 Å². The summed E-state index contributed by atoms with van der Waals surface area (Å²) < 4.78 is 11.0. The van der Waals surface area contributed by atoms with Crippen LogP contribution >= 0.6 is 0 Å². The normalized spacial score (nSPS) is 15.8. The van der Waals surface area contributed by atoms with E-state index in [0.29, 0.717) is 22.9 Å². The lowest BCUT2D eigenvalue weighted by atomic mass is 9.89. The van der Waals surface area contributed by atoms with Gasteiger partial charge in [0.05, 0.1) is 0 Å². The molecule has 0 radical (unpaired) electrons. The van der Waals surface area contributed by atoms with Crippen LogP contribution in [0.15, 0.2) is 33.1 Å². The van der Waals surface area contributed by atoms with E-state index in [-0.39, 0.29) is 11.9 Å². The fourth-order valence-corrected chi connectivity index (χ4v) is 2.92. The number of nitrogens with zero attached hydrogens (tertiary/aromatic N) is 3. The molecule has 7 heteroatoms. The number of fused-ring (bicyclic) bond motifs is 1. The number of benzene rings is 1. The summed E-state index contributed by atoms with van der Waals surface area (Å²) in [6.07, 6.45) is 5.72. The molecule has 23 heavy (non-hydrogen) atoms. The Morgan fingerprint density at radius 2 is 1.91 bits per heavy atom. The van der Waals surface area contributed by atoms with Gasteiger partial charge < -0.3 is 8.83 Å². The molecule has 1 saturated carbocycles. The topological polar surface area (TPSA) is 94.1 Å². The molecule has 1 fully saturated rings. The third kappa shape index (κ3) is 2.81. The molecule has 3 aromatic rings. The van der Waals surface area contributed by atoms with Crippen LogP contribution in [0.1, 0.15) is 54.6 Å². The van der Waals surface area contributed by atoms with Crippen molar-refractivity contribution in [1.29, 1.82) is 0 Å². The largest absolute Gasteiger partial charge is 0.432 e. The van der Waals surface area contributed by atoms with E-state index < -0.39 is 5.91 Å². The van der Waals surface area contributed by atoms with Gasteiger partial charge in [-0.05, 0) is 25.0 Å².